The topological polar surface area (TPSA) is 160 Å². The van der Waals surface area contributed by atoms with Crippen molar-refractivity contribution < 1.29 is 40.2 Å². The van der Waals surface area contributed by atoms with Gasteiger partial charge in [-0.25, -0.2) is 17.8 Å². The zero-order valence-corrected chi connectivity index (χ0v) is 21.5. The smallest absolute Gasteiger partial charge is 0.422 e. The van der Waals surface area contributed by atoms with Crippen LogP contribution in [-0.4, -0.2) is 56.1 Å². The summed E-state index contributed by atoms with van der Waals surface area (Å²) in [5.74, 6) is -0.225. The van der Waals surface area contributed by atoms with Crippen molar-refractivity contribution in [3.05, 3.63) is 36.0 Å². The van der Waals surface area contributed by atoms with Crippen LogP contribution in [0.15, 0.2) is 24.5 Å². The van der Waals surface area contributed by atoms with Crippen LogP contribution in [0.25, 0.3) is 0 Å². The summed E-state index contributed by atoms with van der Waals surface area (Å²) in [4.78, 5) is 16.2. The van der Waals surface area contributed by atoms with Crippen molar-refractivity contribution in [1.29, 1.82) is 0 Å². The fourth-order valence-corrected chi connectivity index (χ4v) is 4.75. The number of rotatable bonds is 6. The normalized spacial score (nSPS) is 15.6. The second-order valence-corrected chi connectivity index (χ2v) is 10.9. The lowest BCUT2D eigenvalue weighted by Gasteiger charge is -2.28. The number of halogens is 4. The molecule has 0 aliphatic carbocycles. The number of anilines is 2. The van der Waals surface area contributed by atoms with Crippen molar-refractivity contribution in [3.63, 3.8) is 0 Å². The van der Waals surface area contributed by atoms with Crippen molar-refractivity contribution in [3.8, 4) is 11.6 Å². The number of nitrogens with one attached hydrogen (secondary N) is 1. The molecule has 37 heavy (non-hydrogen) atoms. The van der Waals surface area contributed by atoms with Gasteiger partial charge in [0.05, 0.1) is 35.3 Å². The molecule has 2 aromatic rings. The predicted octanol–water partition coefficient (Wildman–Crippen LogP) is 3.08. The second kappa shape index (κ2) is 13.8. The number of sulfone groups is 1. The number of amides is 1. The Hall–Kier alpha value is -3.36. The summed E-state index contributed by atoms with van der Waals surface area (Å²) in [5.41, 5.74) is 11.1. The van der Waals surface area contributed by atoms with Crippen LogP contribution in [0.3, 0.4) is 0 Å². The number of nitrogens with zero attached hydrogens (tertiary/aromatic N) is 2. The maximum atomic E-state index is 13.2. The molecule has 1 fully saturated rings. The van der Waals surface area contributed by atoms with Crippen LogP contribution in [0.2, 0.25) is 0 Å². The van der Waals surface area contributed by atoms with Crippen LogP contribution >= 0.6 is 0 Å². The molecule has 15 heteroatoms. The van der Waals surface area contributed by atoms with Crippen LogP contribution < -0.4 is 26.3 Å². The van der Waals surface area contributed by atoms with E-state index in [1.807, 2.05) is 0 Å². The molecule has 0 unspecified atom stereocenters. The van der Waals surface area contributed by atoms with Crippen LogP contribution in [0.4, 0.5) is 28.9 Å². The number of alkyl halides is 3. The van der Waals surface area contributed by atoms with Gasteiger partial charge in [-0.15, -0.1) is 0 Å². The number of hydrogen-bond donors (Lipinski definition) is 3. The lowest BCUT2D eigenvalue weighted by Crippen LogP contribution is -2.28. The van der Waals surface area contributed by atoms with E-state index < -0.39 is 28.4 Å². The minimum Gasteiger partial charge on any atom is -0.482 e. The third-order valence-electron chi connectivity index (χ3n) is 5.00. The maximum Gasteiger partial charge on any atom is 0.422 e. The zero-order valence-electron chi connectivity index (χ0n) is 20.6. The van der Waals surface area contributed by atoms with E-state index in [0.29, 0.717) is 22.9 Å². The Bertz CT molecular complexity index is 1110. The van der Waals surface area contributed by atoms with Crippen LogP contribution in [0.5, 0.6) is 11.6 Å². The largest absolute Gasteiger partial charge is 0.482 e. The van der Waals surface area contributed by atoms with Gasteiger partial charge in [0.15, 0.2) is 6.61 Å². The number of primary amides is 1. The summed E-state index contributed by atoms with van der Waals surface area (Å²) in [6.07, 6.45) is -0.426. The fourth-order valence-electron chi connectivity index (χ4n) is 2.82. The van der Waals surface area contributed by atoms with Crippen molar-refractivity contribution in [2.45, 2.75) is 39.5 Å². The molecule has 1 aliphatic rings. The number of ether oxygens (including phenoxy) is 2. The molecule has 5 N–H and O–H groups in total. The summed E-state index contributed by atoms with van der Waals surface area (Å²) in [7, 11) is -1.00. The fraction of sp³-hybridized carbons (Fsp3) is 0.500. The molecule has 0 radical (unpaired) electrons. The molecular weight excluding hydrogens is 522 g/mol. The van der Waals surface area contributed by atoms with Crippen molar-refractivity contribution in [1.82, 2.24) is 9.97 Å². The number of nitrogens with two attached hydrogens (primary N) is 2. The number of carbonyl (C=O) groups excluding carboxylic acids is 1. The molecular formula is C22H31F4N5O5S. The average molecular weight is 554 g/mol. The minimum atomic E-state index is -4.55. The van der Waals surface area contributed by atoms with Crippen molar-refractivity contribution in [2.24, 2.45) is 11.1 Å². The molecule has 0 saturated carbocycles. The lowest BCUT2D eigenvalue weighted by atomic mass is 9.87. The molecule has 208 valence electrons. The van der Waals surface area contributed by atoms with Crippen molar-refractivity contribution >= 4 is 27.6 Å². The van der Waals surface area contributed by atoms with Gasteiger partial charge in [-0.3, -0.25) is 9.78 Å². The summed E-state index contributed by atoms with van der Waals surface area (Å²) >= 11 is 0. The van der Waals surface area contributed by atoms with E-state index in [9.17, 15) is 26.0 Å². The Kier molecular flexibility index (Phi) is 11.8. The standard InChI is InChI=1S/C14H14F4N4O2.C7H14O2S.CH3NO/c1-20-10-3-13(22-5-9(10)19)23-6-11-12(2-8(15)4-21-11)24-7-14(16,17)18;1-7(2)3-5-10(8,9)6-4-7;2-1-3/h2-5H,6-7,19H2,1H3,(H,20,22);3-6H2,1-2H3;1H,(H2,2,3). The Morgan fingerprint density at radius 1 is 1.14 bits per heavy atom. The van der Waals surface area contributed by atoms with E-state index in [0.717, 1.165) is 25.1 Å². The van der Waals surface area contributed by atoms with Gasteiger partial charge in [0.25, 0.3) is 0 Å². The summed E-state index contributed by atoms with van der Waals surface area (Å²) < 4.78 is 81.7. The van der Waals surface area contributed by atoms with Crippen molar-refractivity contribution in [2.75, 3.05) is 36.2 Å². The number of pyridine rings is 2. The third-order valence-corrected chi connectivity index (χ3v) is 6.66. The SMILES string of the molecule is CC1(C)CCS(=O)(=O)CC1.CNc1cc(OCc2ncc(F)cc2OCC(F)(F)F)ncc1N.NC=O. The predicted molar refractivity (Wildman–Crippen MR) is 130 cm³/mol. The van der Waals surface area contributed by atoms with Gasteiger partial charge >= 0.3 is 6.18 Å². The number of hydrogen-bond acceptors (Lipinski definition) is 9. The Balaban J connectivity index is 0.000000435. The molecule has 2 aromatic heterocycles. The van der Waals surface area contributed by atoms with E-state index in [1.54, 1.807) is 7.05 Å². The Morgan fingerprint density at radius 2 is 1.73 bits per heavy atom. The van der Waals surface area contributed by atoms with Gasteiger partial charge in [0, 0.05) is 19.2 Å². The molecule has 3 heterocycles. The molecule has 10 nitrogen and oxygen atoms in total. The van der Waals surface area contributed by atoms with Gasteiger partial charge in [-0.05, 0) is 18.3 Å². The highest BCUT2D eigenvalue weighted by molar-refractivity contribution is 7.91. The molecule has 1 saturated heterocycles. The molecule has 0 atom stereocenters. The third kappa shape index (κ3) is 12.4. The average Bonchev–Trinajstić information content (AvgIpc) is 2.81. The Labute approximate surface area is 212 Å². The van der Waals surface area contributed by atoms with Gasteiger partial charge in [0.1, 0.15) is 33.7 Å². The quantitative estimate of drug-likeness (QED) is 0.361. The Morgan fingerprint density at radius 3 is 2.24 bits per heavy atom. The highest BCUT2D eigenvalue weighted by atomic mass is 32.2. The number of carbonyl (C=O) groups is 1. The highest BCUT2D eigenvalue weighted by Crippen LogP contribution is 2.30. The van der Waals surface area contributed by atoms with E-state index in [2.05, 4.69) is 39.6 Å². The molecule has 0 bridgehead atoms. The molecule has 1 aliphatic heterocycles. The first-order valence-electron chi connectivity index (χ1n) is 10.9. The summed E-state index contributed by atoms with van der Waals surface area (Å²) in [6, 6.07) is 2.32. The zero-order chi connectivity index (χ0) is 28.3. The second-order valence-electron chi connectivity index (χ2n) is 8.60. The minimum absolute atomic E-state index is 0.00489. The maximum absolute atomic E-state index is 13.2. The molecule has 0 spiro atoms. The van der Waals surface area contributed by atoms with E-state index >= 15 is 0 Å². The summed E-state index contributed by atoms with van der Waals surface area (Å²) in [6.45, 7) is 2.44. The first-order chi connectivity index (χ1) is 17.1. The highest BCUT2D eigenvalue weighted by Gasteiger charge is 2.29. The number of aromatic nitrogens is 2. The molecule has 3 rings (SSSR count). The number of nitrogen functional groups attached to an aromatic ring is 1. The van der Waals surface area contributed by atoms with Gasteiger partial charge in [-0.2, -0.15) is 13.2 Å². The van der Waals surface area contributed by atoms with E-state index in [4.69, 9.17) is 15.3 Å². The van der Waals surface area contributed by atoms with Gasteiger partial charge < -0.3 is 26.3 Å². The molecule has 1 amide bonds. The van der Waals surface area contributed by atoms with Crippen LogP contribution in [0.1, 0.15) is 32.4 Å². The first-order valence-corrected chi connectivity index (χ1v) is 12.7. The van der Waals surface area contributed by atoms with E-state index in [-0.39, 0.29) is 35.8 Å². The van der Waals surface area contributed by atoms with Gasteiger partial charge in [0.2, 0.25) is 12.3 Å². The van der Waals surface area contributed by atoms with E-state index in [1.165, 1.54) is 12.3 Å². The monoisotopic (exact) mass is 553 g/mol. The molecule has 0 aromatic carbocycles. The van der Waals surface area contributed by atoms with Crippen LogP contribution in [0, 0.1) is 11.2 Å². The summed E-state index contributed by atoms with van der Waals surface area (Å²) in [5, 5.41) is 2.83. The lowest BCUT2D eigenvalue weighted by molar-refractivity contribution is -0.153. The first kappa shape index (κ1) is 31.7. The van der Waals surface area contributed by atoms with Crippen LogP contribution in [-0.2, 0) is 21.2 Å². The van der Waals surface area contributed by atoms with Gasteiger partial charge in [-0.1, -0.05) is 13.8 Å².